The van der Waals surface area contributed by atoms with Gasteiger partial charge >= 0.3 is 0 Å². The Labute approximate surface area is 119 Å². The van der Waals surface area contributed by atoms with Crippen LogP contribution >= 0.6 is 11.6 Å². The maximum absolute atomic E-state index is 12.0. The first-order chi connectivity index (χ1) is 9.15. The normalized spacial score (nSPS) is 20.8. The van der Waals surface area contributed by atoms with Gasteiger partial charge in [-0.05, 0) is 62.0 Å². The van der Waals surface area contributed by atoms with Crippen LogP contribution in [0.3, 0.4) is 0 Å². The van der Waals surface area contributed by atoms with E-state index in [0.29, 0.717) is 23.3 Å². The summed E-state index contributed by atoms with van der Waals surface area (Å²) in [4.78, 5) is 12.0. The highest BCUT2D eigenvalue weighted by atomic mass is 35.5. The first kappa shape index (κ1) is 14.4. The van der Waals surface area contributed by atoms with Gasteiger partial charge in [-0.2, -0.15) is 0 Å². The molecular formula is C15H21ClN2O. The summed E-state index contributed by atoms with van der Waals surface area (Å²) in [7, 11) is 0. The molecule has 1 aromatic carbocycles. The molecular weight excluding hydrogens is 260 g/mol. The van der Waals surface area contributed by atoms with Crippen molar-refractivity contribution in [3.05, 3.63) is 29.3 Å². The average molecular weight is 281 g/mol. The number of carbonyl (C=O) groups excluding carboxylic acids is 1. The Kier molecular flexibility index (Phi) is 5.23. The predicted molar refractivity (Wildman–Crippen MR) is 79.5 cm³/mol. The molecule has 1 heterocycles. The van der Waals surface area contributed by atoms with E-state index in [1.807, 2.05) is 12.1 Å². The van der Waals surface area contributed by atoms with Gasteiger partial charge in [0.1, 0.15) is 0 Å². The van der Waals surface area contributed by atoms with Gasteiger partial charge in [0, 0.05) is 17.1 Å². The largest absolute Gasteiger partial charge is 0.326 e. The molecule has 0 radical (unpaired) electrons. The number of piperidine rings is 1. The Bertz CT molecular complexity index is 413. The van der Waals surface area contributed by atoms with E-state index in [-0.39, 0.29) is 5.91 Å². The van der Waals surface area contributed by atoms with E-state index in [1.165, 1.54) is 12.8 Å². The quantitative estimate of drug-likeness (QED) is 0.888. The molecule has 0 aromatic heterocycles. The summed E-state index contributed by atoms with van der Waals surface area (Å²) < 4.78 is 0. The minimum absolute atomic E-state index is 0.0837. The van der Waals surface area contributed by atoms with Crippen molar-refractivity contribution in [2.24, 2.45) is 11.8 Å². The molecule has 0 bridgehead atoms. The number of amides is 1. The molecule has 0 spiro atoms. The highest BCUT2D eigenvalue weighted by molar-refractivity contribution is 6.30. The third kappa shape index (κ3) is 4.51. The minimum Gasteiger partial charge on any atom is -0.326 e. The SMILES string of the molecule is CC(CC(=O)Nc1ccc(Cl)cc1)C1CCCNC1. The summed E-state index contributed by atoms with van der Waals surface area (Å²) >= 11 is 5.81. The Balaban J connectivity index is 1.81. The van der Waals surface area contributed by atoms with Gasteiger partial charge in [-0.25, -0.2) is 0 Å². The first-order valence-corrected chi connectivity index (χ1v) is 7.29. The molecule has 2 unspecified atom stereocenters. The highest BCUT2D eigenvalue weighted by Crippen LogP contribution is 2.23. The number of carbonyl (C=O) groups is 1. The lowest BCUT2D eigenvalue weighted by Crippen LogP contribution is -2.34. The van der Waals surface area contributed by atoms with E-state index in [9.17, 15) is 4.79 Å². The molecule has 0 aliphatic carbocycles. The number of hydrogen-bond donors (Lipinski definition) is 2. The smallest absolute Gasteiger partial charge is 0.224 e. The molecule has 104 valence electrons. The second-order valence-electron chi connectivity index (χ2n) is 5.34. The van der Waals surface area contributed by atoms with Crippen LogP contribution in [0.2, 0.25) is 5.02 Å². The fourth-order valence-corrected chi connectivity index (χ4v) is 2.69. The Hall–Kier alpha value is -1.06. The number of halogens is 1. The Morgan fingerprint density at radius 2 is 2.21 bits per heavy atom. The van der Waals surface area contributed by atoms with Crippen LogP contribution in [-0.2, 0) is 4.79 Å². The van der Waals surface area contributed by atoms with Crippen LogP contribution in [0.5, 0.6) is 0 Å². The van der Waals surface area contributed by atoms with Crippen molar-refractivity contribution in [3.8, 4) is 0 Å². The second kappa shape index (κ2) is 6.92. The van der Waals surface area contributed by atoms with Crippen LogP contribution < -0.4 is 10.6 Å². The molecule has 2 rings (SSSR count). The average Bonchev–Trinajstić information content (AvgIpc) is 2.42. The summed E-state index contributed by atoms with van der Waals surface area (Å²) in [6.45, 7) is 4.31. The summed E-state index contributed by atoms with van der Waals surface area (Å²) in [5.74, 6) is 1.12. The van der Waals surface area contributed by atoms with Gasteiger partial charge in [0.2, 0.25) is 5.91 Å². The number of hydrogen-bond acceptors (Lipinski definition) is 2. The van der Waals surface area contributed by atoms with Gasteiger partial charge in [0.15, 0.2) is 0 Å². The third-order valence-corrected chi connectivity index (χ3v) is 4.03. The van der Waals surface area contributed by atoms with Gasteiger partial charge < -0.3 is 10.6 Å². The van der Waals surface area contributed by atoms with E-state index in [0.717, 1.165) is 18.8 Å². The van der Waals surface area contributed by atoms with Gasteiger partial charge in [0.25, 0.3) is 0 Å². The molecule has 1 fully saturated rings. The second-order valence-corrected chi connectivity index (χ2v) is 5.78. The van der Waals surface area contributed by atoms with Crippen LogP contribution in [0.4, 0.5) is 5.69 Å². The van der Waals surface area contributed by atoms with Gasteiger partial charge in [-0.1, -0.05) is 18.5 Å². The van der Waals surface area contributed by atoms with E-state index < -0.39 is 0 Å². The molecule has 0 saturated carbocycles. The zero-order chi connectivity index (χ0) is 13.7. The standard InChI is InChI=1S/C15H21ClN2O/c1-11(12-3-2-8-17-10-12)9-15(19)18-14-6-4-13(16)5-7-14/h4-7,11-12,17H,2-3,8-10H2,1H3,(H,18,19). The van der Waals surface area contributed by atoms with Crippen LogP contribution in [-0.4, -0.2) is 19.0 Å². The van der Waals surface area contributed by atoms with Crippen molar-refractivity contribution >= 4 is 23.2 Å². The fraction of sp³-hybridized carbons (Fsp3) is 0.533. The van der Waals surface area contributed by atoms with Crippen molar-refractivity contribution in [3.63, 3.8) is 0 Å². The predicted octanol–water partition coefficient (Wildman–Crippen LogP) is 3.30. The van der Waals surface area contributed by atoms with Crippen molar-refractivity contribution in [2.45, 2.75) is 26.2 Å². The molecule has 3 nitrogen and oxygen atoms in total. The van der Waals surface area contributed by atoms with Gasteiger partial charge in [-0.15, -0.1) is 0 Å². The van der Waals surface area contributed by atoms with E-state index >= 15 is 0 Å². The topological polar surface area (TPSA) is 41.1 Å². The molecule has 2 N–H and O–H groups in total. The maximum Gasteiger partial charge on any atom is 0.224 e. The minimum atomic E-state index is 0.0837. The third-order valence-electron chi connectivity index (χ3n) is 3.78. The molecule has 2 atom stereocenters. The zero-order valence-electron chi connectivity index (χ0n) is 11.3. The van der Waals surface area contributed by atoms with Crippen molar-refractivity contribution in [1.82, 2.24) is 5.32 Å². The van der Waals surface area contributed by atoms with Crippen molar-refractivity contribution in [2.75, 3.05) is 18.4 Å². The number of anilines is 1. The number of nitrogens with one attached hydrogen (secondary N) is 2. The summed E-state index contributed by atoms with van der Waals surface area (Å²) in [5, 5.41) is 7.00. The molecule has 4 heteroatoms. The molecule has 1 saturated heterocycles. The van der Waals surface area contributed by atoms with Crippen molar-refractivity contribution < 1.29 is 4.79 Å². The lowest BCUT2D eigenvalue weighted by molar-refractivity contribution is -0.117. The molecule has 1 amide bonds. The maximum atomic E-state index is 12.0. The van der Waals surface area contributed by atoms with Gasteiger partial charge in [0.05, 0.1) is 0 Å². The number of rotatable bonds is 4. The van der Waals surface area contributed by atoms with Crippen LogP contribution in [0.15, 0.2) is 24.3 Å². The lowest BCUT2D eigenvalue weighted by Gasteiger charge is -2.28. The Morgan fingerprint density at radius 1 is 1.47 bits per heavy atom. The van der Waals surface area contributed by atoms with Crippen LogP contribution in [0.25, 0.3) is 0 Å². The summed E-state index contributed by atoms with van der Waals surface area (Å²) in [6.07, 6.45) is 3.02. The summed E-state index contributed by atoms with van der Waals surface area (Å²) in [5.41, 5.74) is 0.809. The van der Waals surface area contributed by atoms with Crippen LogP contribution in [0.1, 0.15) is 26.2 Å². The van der Waals surface area contributed by atoms with E-state index in [1.54, 1.807) is 12.1 Å². The van der Waals surface area contributed by atoms with Crippen LogP contribution in [0, 0.1) is 11.8 Å². The van der Waals surface area contributed by atoms with Crippen molar-refractivity contribution in [1.29, 1.82) is 0 Å². The molecule has 1 aliphatic rings. The number of benzene rings is 1. The van der Waals surface area contributed by atoms with E-state index in [4.69, 9.17) is 11.6 Å². The fourth-order valence-electron chi connectivity index (χ4n) is 2.57. The molecule has 1 aliphatic heterocycles. The molecule has 1 aromatic rings. The Morgan fingerprint density at radius 3 is 2.84 bits per heavy atom. The lowest BCUT2D eigenvalue weighted by atomic mass is 9.85. The summed E-state index contributed by atoms with van der Waals surface area (Å²) in [6, 6.07) is 7.22. The monoisotopic (exact) mass is 280 g/mol. The highest BCUT2D eigenvalue weighted by Gasteiger charge is 2.21. The first-order valence-electron chi connectivity index (χ1n) is 6.91. The zero-order valence-corrected chi connectivity index (χ0v) is 12.0. The van der Waals surface area contributed by atoms with Gasteiger partial charge in [-0.3, -0.25) is 4.79 Å². The van der Waals surface area contributed by atoms with E-state index in [2.05, 4.69) is 17.6 Å². The molecule has 19 heavy (non-hydrogen) atoms.